The van der Waals surface area contributed by atoms with E-state index in [0.29, 0.717) is 11.8 Å². The predicted octanol–water partition coefficient (Wildman–Crippen LogP) is 0.777. The van der Waals surface area contributed by atoms with E-state index in [0.717, 1.165) is 24.0 Å². The Balaban J connectivity index is 1.82. The highest BCUT2D eigenvalue weighted by Gasteiger charge is 2.53. The molecule has 0 amide bonds. The molecule has 4 aliphatic rings. The van der Waals surface area contributed by atoms with Crippen molar-refractivity contribution in [3.8, 4) is 0 Å². The first-order valence-corrected chi connectivity index (χ1v) is 6.68. The van der Waals surface area contributed by atoms with Gasteiger partial charge in [-0.3, -0.25) is 4.90 Å². The smallest absolute Gasteiger partial charge is 0.325 e. The van der Waals surface area contributed by atoms with Crippen LogP contribution < -0.4 is 5.48 Å². The first-order chi connectivity index (χ1) is 8.77. The van der Waals surface area contributed by atoms with Gasteiger partial charge in [-0.1, -0.05) is 18.7 Å². The molecule has 0 aromatic rings. The van der Waals surface area contributed by atoms with Crippen molar-refractivity contribution in [2.75, 3.05) is 19.6 Å². The third kappa shape index (κ3) is 1.81. The summed E-state index contributed by atoms with van der Waals surface area (Å²) in [6.45, 7) is 7.08. The summed E-state index contributed by atoms with van der Waals surface area (Å²) in [6, 6.07) is 0. The second-order valence-electron chi connectivity index (χ2n) is 5.51. The highest BCUT2D eigenvalue weighted by molar-refractivity contribution is 5.29. The molecule has 2 bridgehead atoms. The van der Waals surface area contributed by atoms with Crippen LogP contribution >= 0.6 is 0 Å². The van der Waals surface area contributed by atoms with Crippen molar-refractivity contribution < 1.29 is 15.4 Å². The second-order valence-corrected chi connectivity index (χ2v) is 5.51. The fourth-order valence-electron chi connectivity index (χ4n) is 3.61. The summed E-state index contributed by atoms with van der Waals surface area (Å²) in [5.41, 5.74) is 2.10. The van der Waals surface area contributed by atoms with Gasteiger partial charge in [0.25, 0.3) is 0 Å². The van der Waals surface area contributed by atoms with Crippen LogP contribution in [0.1, 0.15) is 19.3 Å². The fraction of sp³-hybridized carbons (Fsp3) is 0.571. The Morgan fingerprint density at radius 2 is 2.22 bits per heavy atom. The zero-order chi connectivity index (χ0) is 12.6. The van der Waals surface area contributed by atoms with Gasteiger partial charge in [0.15, 0.2) is 0 Å². The molecule has 1 atom stereocenters. The minimum absolute atomic E-state index is 0.0914. The lowest BCUT2D eigenvalue weighted by Gasteiger charge is -2.50. The molecule has 4 heteroatoms. The molecule has 3 fully saturated rings. The highest BCUT2D eigenvalue weighted by Crippen LogP contribution is 2.46. The van der Waals surface area contributed by atoms with Crippen LogP contribution in [-0.4, -0.2) is 35.3 Å². The van der Waals surface area contributed by atoms with E-state index < -0.39 is 0 Å². The van der Waals surface area contributed by atoms with E-state index in [-0.39, 0.29) is 5.60 Å². The quantitative estimate of drug-likeness (QED) is 0.574. The van der Waals surface area contributed by atoms with Crippen molar-refractivity contribution in [2.45, 2.75) is 24.9 Å². The van der Waals surface area contributed by atoms with Crippen molar-refractivity contribution in [3.63, 3.8) is 0 Å². The van der Waals surface area contributed by atoms with E-state index in [1.165, 1.54) is 25.9 Å². The van der Waals surface area contributed by atoms with Crippen molar-refractivity contribution in [3.05, 3.63) is 36.3 Å². The summed E-state index contributed by atoms with van der Waals surface area (Å²) in [4.78, 5) is 2.48. The number of quaternary nitrogens is 1. The summed E-state index contributed by atoms with van der Waals surface area (Å²) >= 11 is 0. The van der Waals surface area contributed by atoms with Gasteiger partial charge in [-0.2, -0.15) is 0 Å². The number of hydrogen-bond acceptors (Lipinski definition) is 3. The standard InChI is InChI=1S/C14H20N2O2/c1-2-3-4-11-9-14(18-13(11)15-17)10-16-7-5-12(14)6-8-16/h2-4,12,15,17H,1,5-10H2/p+1/b4-3-. The van der Waals surface area contributed by atoms with Crippen LogP contribution in [0.5, 0.6) is 0 Å². The van der Waals surface area contributed by atoms with Crippen molar-refractivity contribution in [2.24, 2.45) is 5.92 Å². The molecule has 0 radical (unpaired) electrons. The Hall–Kier alpha value is -1.10. The van der Waals surface area contributed by atoms with Crippen LogP contribution in [0.3, 0.4) is 0 Å². The van der Waals surface area contributed by atoms with Gasteiger partial charge in [0.1, 0.15) is 5.60 Å². The lowest BCUT2D eigenvalue weighted by Crippen LogP contribution is -2.79. The van der Waals surface area contributed by atoms with Gasteiger partial charge in [-0.15, -0.1) is 5.48 Å². The molecule has 0 aromatic heterocycles. The van der Waals surface area contributed by atoms with E-state index in [9.17, 15) is 5.21 Å². The topological polar surface area (TPSA) is 49.3 Å². The fourth-order valence-corrected chi connectivity index (χ4v) is 3.61. The Bertz CT molecular complexity index is 408. The van der Waals surface area contributed by atoms with Crippen LogP contribution in [0.4, 0.5) is 0 Å². The molecule has 4 aliphatic heterocycles. The number of hydrogen-bond donors (Lipinski definition) is 2. The first kappa shape index (κ1) is 12.0. The minimum atomic E-state index is -0.0914. The average molecular weight is 249 g/mol. The molecule has 98 valence electrons. The van der Waals surface area contributed by atoms with Gasteiger partial charge in [0.05, 0.1) is 5.57 Å². The van der Waals surface area contributed by atoms with E-state index >= 15 is 0 Å². The van der Waals surface area contributed by atoms with Gasteiger partial charge >= 0.3 is 5.88 Å². The first-order valence-electron chi connectivity index (χ1n) is 6.68. The molecule has 3 saturated heterocycles. The monoisotopic (exact) mass is 249 g/mol. The average Bonchev–Trinajstić information content (AvgIpc) is 2.75. The Kier molecular flexibility index (Phi) is 3.01. The molecule has 0 aliphatic carbocycles. The molecule has 3 N–H and O–H groups in total. The van der Waals surface area contributed by atoms with Crippen LogP contribution in [0, 0.1) is 5.92 Å². The molecule has 4 heterocycles. The Morgan fingerprint density at radius 1 is 1.44 bits per heavy atom. The van der Waals surface area contributed by atoms with Crippen molar-refractivity contribution in [1.29, 1.82) is 0 Å². The lowest BCUT2D eigenvalue weighted by molar-refractivity contribution is -0.866. The normalized spacial score (nSPS) is 38.7. The number of allylic oxidation sites excluding steroid dienone is 3. The van der Waals surface area contributed by atoms with E-state index in [2.05, 4.69) is 11.5 Å². The van der Waals surface area contributed by atoms with Crippen molar-refractivity contribution >= 4 is 0 Å². The Labute approximate surface area is 108 Å². The number of hydroxylamine groups is 1. The number of fused-ring (bicyclic) bond motifs is 2. The maximum absolute atomic E-state index is 9.34. The van der Waals surface area contributed by atoms with Crippen LogP contribution in [0.25, 0.3) is 0 Å². The van der Waals surface area contributed by atoms with Gasteiger partial charge in [0.2, 0.25) is 0 Å². The highest BCUT2D eigenvalue weighted by atomic mass is 16.6. The van der Waals surface area contributed by atoms with E-state index in [1.54, 1.807) is 6.08 Å². The number of nitrogens with two attached hydrogens (primary N) is 1. The molecule has 0 saturated carbocycles. The Morgan fingerprint density at radius 3 is 2.78 bits per heavy atom. The third-order valence-corrected chi connectivity index (χ3v) is 4.49. The number of piperidine rings is 3. The number of rotatable bonds is 3. The van der Waals surface area contributed by atoms with Crippen LogP contribution in [0.2, 0.25) is 0 Å². The summed E-state index contributed by atoms with van der Waals surface area (Å²) in [6.07, 6.45) is 9.01. The maximum Gasteiger partial charge on any atom is 0.325 e. The van der Waals surface area contributed by atoms with Crippen LogP contribution in [0.15, 0.2) is 36.3 Å². The lowest BCUT2D eigenvalue weighted by atomic mass is 9.73. The SMILES string of the molecule is C=C/C=C\C1=C([NH2+]O)OC2(C1)CN1CCC2CC1. The zero-order valence-corrected chi connectivity index (χ0v) is 10.6. The molecule has 0 aromatic carbocycles. The van der Waals surface area contributed by atoms with Crippen LogP contribution in [-0.2, 0) is 4.74 Å². The van der Waals surface area contributed by atoms with Gasteiger partial charge in [-0.25, -0.2) is 5.21 Å². The summed E-state index contributed by atoms with van der Waals surface area (Å²) in [5.74, 6) is 1.27. The number of ether oxygens (including phenoxy) is 1. The van der Waals surface area contributed by atoms with Gasteiger partial charge in [-0.05, 0) is 32.0 Å². The van der Waals surface area contributed by atoms with Crippen molar-refractivity contribution in [1.82, 2.24) is 4.90 Å². The molecule has 1 spiro atoms. The predicted molar refractivity (Wildman–Crippen MR) is 67.7 cm³/mol. The molecule has 1 unspecified atom stereocenters. The number of nitrogens with zero attached hydrogens (tertiary/aromatic N) is 1. The third-order valence-electron chi connectivity index (χ3n) is 4.49. The summed E-state index contributed by atoms with van der Waals surface area (Å²) in [7, 11) is 0. The zero-order valence-electron chi connectivity index (χ0n) is 10.6. The molecule has 4 rings (SSSR count). The molecule has 18 heavy (non-hydrogen) atoms. The second kappa shape index (κ2) is 4.53. The van der Waals surface area contributed by atoms with E-state index in [1.807, 2.05) is 12.2 Å². The molecular weight excluding hydrogens is 228 g/mol. The summed E-state index contributed by atoms with van der Waals surface area (Å²) in [5, 5.41) is 9.34. The molecule has 4 nitrogen and oxygen atoms in total. The largest absolute Gasteiger partial charge is 0.441 e. The summed E-state index contributed by atoms with van der Waals surface area (Å²) < 4.78 is 6.13. The minimum Gasteiger partial charge on any atom is -0.441 e. The maximum atomic E-state index is 9.34. The van der Waals surface area contributed by atoms with Gasteiger partial charge < -0.3 is 4.74 Å². The molecular formula is C14H21N2O2+. The van der Waals surface area contributed by atoms with Gasteiger partial charge in [0, 0.05) is 18.9 Å². The van der Waals surface area contributed by atoms with E-state index in [4.69, 9.17) is 4.74 Å².